The van der Waals surface area contributed by atoms with E-state index in [4.69, 9.17) is 5.11 Å². The van der Waals surface area contributed by atoms with Crippen molar-refractivity contribution in [2.75, 3.05) is 5.33 Å². The van der Waals surface area contributed by atoms with E-state index in [1.807, 2.05) is 0 Å². The number of carbonyl (C=O) groups is 1. The molecule has 0 amide bonds. The maximum Gasteiger partial charge on any atom is 0.174 e. The van der Waals surface area contributed by atoms with E-state index < -0.39 is 0 Å². The maximum absolute atomic E-state index is 11.2. The van der Waals surface area contributed by atoms with Crippen molar-refractivity contribution >= 4 is 37.6 Å². The Morgan fingerprint density at radius 3 is 2.67 bits per heavy atom. The summed E-state index contributed by atoms with van der Waals surface area (Å²) in [5.74, 6) is 0.134. The second-order valence-electron chi connectivity index (χ2n) is 2.22. The van der Waals surface area contributed by atoms with Gasteiger partial charge in [0.1, 0.15) is 5.75 Å². The average Bonchev–Trinajstić information content (AvgIpc) is 2.03. The molecule has 1 aromatic carbocycles. The Labute approximate surface area is 86.9 Å². The number of hydrogen-bond donors (Lipinski definition) is 1. The van der Waals surface area contributed by atoms with Gasteiger partial charge in [0, 0.05) is 10.0 Å². The van der Waals surface area contributed by atoms with Gasteiger partial charge in [-0.15, -0.1) is 0 Å². The molecule has 0 saturated heterocycles. The van der Waals surface area contributed by atoms with Gasteiger partial charge in [-0.05, 0) is 34.1 Å². The number of alkyl halides is 1. The van der Waals surface area contributed by atoms with Crippen LogP contribution in [0.15, 0.2) is 22.7 Å². The van der Waals surface area contributed by atoms with E-state index in [2.05, 4.69) is 31.9 Å². The Kier molecular flexibility index (Phi) is 3.29. The SMILES string of the molecule is O=C(CBr)c1ccc(O)cc1Br. The topological polar surface area (TPSA) is 37.3 Å². The van der Waals surface area contributed by atoms with Crippen LogP contribution in [-0.4, -0.2) is 16.2 Å². The molecule has 0 atom stereocenters. The number of ketones is 1. The zero-order chi connectivity index (χ0) is 9.14. The molecular formula is C8H6Br2O2. The first kappa shape index (κ1) is 9.74. The first-order valence-electron chi connectivity index (χ1n) is 3.23. The van der Waals surface area contributed by atoms with E-state index in [9.17, 15) is 4.79 Å². The number of phenolic OH excluding ortho intramolecular Hbond substituents is 1. The van der Waals surface area contributed by atoms with Crippen LogP contribution < -0.4 is 0 Å². The van der Waals surface area contributed by atoms with E-state index in [0.29, 0.717) is 10.0 Å². The quantitative estimate of drug-likeness (QED) is 0.672. The van der Waals surface area contributed by atoms with E-state index in [1.54, 1.807) is 6.07 Å². The largest absolute Gasteiger partial charge is 0.508 e. The van der Waals surface area contributed by atoms with Gasteiger partial charge in [0.05, 0.1) is 5.33 Å². The lowest BCUT2D eigenvalue weighted by atomic mass is 10.1. The standard InChI is InChI=1S/C8H6Br2O2/c9-4-8(12)6-2-1-5(11)3-7(6)10/h1-3,11H,4H2. The third-order valence-electron chi connectivity index (χ3n) is 1.37. The first-order valence-corrected chi connectivity index (χ1v) is 5.14. The van der Waals surface area contributed by atoms with Crippen molar-refractivity contribution in [3.8, 4) is 5.75 Å². The van der Waals surface area contributed by atoms with Gasteiger partial charge in [-0.1, -0.05) is 15.9 Å². The molecule has 64 valence electrons. The van der Waals surface area contributed by atoms with Crippen molar-refractivity contribution in [1.29, 1.82) is 0 Å². The molecule has 0 unspecified atom stereocenters. The molecule has 0 saturated carbocycles. The lowest BCUT2D eigenvalue weighted by Gasteiger charge is -2.00. The average molecular weight is 294 g/mol. The summed E-state index contributed by atoms with van der Waals surface area (Å²) in [7, 11) is 0. The van der Waals surface area contributed by atoms with Crippen molar-refractivity contribution in [2.24, 2.45) is 0 Å². The molecule has 0 aliphatic rings. The molecule has 12 heavy (non-hydrogen) atoms. The van der Waals surface area contributed by atoms with Crippen LogP contribution in [0.2, 0.25) is 0 Å². The highest BCUT2D eigenvalue weighted by atomic mass is 79.9. The van der Waals surface area contributed by atoms with Gasteiger partial charge in [-0.3, -0.25) is 4.79 Å². The van der Waals surface area contributed by atoms with Crippen LogP contribution in [0, 0.1) is 0 Å². The Morgan fingerprint density at radius 2 is 2.17 bits per heavy atom. The van der Waals surface area contributed by atoms with Crippen LogP contribution in [0.5, 0.6) is 5.75 Å². The van der Waals surface area contributed by atoms with Crippen LogP contribution >= 0.6 is 31.9 Å². The second-order valence-corrected chi connectivity index (χ2v) is 3.64. The van der Waals surface area contributed by atoms with Crippen molar-refractivity contribution in [2.45, 2.75) is 0 Å². The third kappa shape index (κ3) is 2.08. The summed E-state index contributed by atoms with van der Waals surface area (Å²) in [6.07, 6.45) is 0. The molecule has 4 heteroatoms. The predicted octanol–water partition coefficient (Wildman–Crippen LogP) is 2.73. The number of phenols is 1. The summed E-state index contributed by atoms with van der Waals surface area (Å²) in [4.78, 5) is 11.2. The summed E-state index contributed by atoms with van der Waals surface area (Å²) >= 11 is 6.26. The van der Waals surface area contributed by atoms with E-state index in [1.165, 1.54) is 12.1 Å². The maximum atomic E-state index is 11.2. The van der Waals surface area contributed by atoms with E-state index in [-0.39, 0.29) is 16.9 Å². The molecule has 0 heterocycles. The molecule has 1 rings (SSSR count). The smallest absolute Gasteiger partial charge is 0.174 e. The van der Waals surface area contributed by atoms with Crippen LogP contribution in [-0.2, 0) is 0 Å². The van der Waals surface area contributed by atoms with Gasteiger partial charge in [-0.25, -0.2) is 0 Å². The fourth-order valence-corrected chi connectivity index (χ4v) is 1.69. The Hall–Kier alpha value is -0.350. The lowest BCUT2D eigenvalue weighted by molar-refractivity contribution is 0.102. The number of aromatic hydroxyl groups is 1. The minimum absolute atomic E-state index is 0.0122. The molecule has 0 fully saturated rings. The highest BCUT2D eigenvalue weighted by Crippen LogP contribution is 2.22. The fraction of sp³-hybridized carbons (Fsp3) is 0.125. The zero-order valence-electron chi connectivity index (χ0n) is 6.05. The first-order chi connectivity index (χ1) is 5.65. The number of rotatable bonds is 2. The Bertz CT molecular complexity index is 310. The predicted molar refractivity (Wildman–Crippen MR) is 53.9 cm³/mol. The number of carbonyl (C=O) groups excluding carboxylic acids is 1. The van der Waals surface area contributed by atoms with Crippen molar-refractivity contribution in [1.82, 2.24) is 0 Å². The summed E-state index contributed by atoms with van der Waals surface area (Å²) in [6.45, 7) is 0. The molecule has 1 aromatic rings. The highest BCUT2D eigenvalue weighted by Gasteiger charge is 2.08. The zero-order valence-corrected chi connectivity index (χ0v) is 9.22. The minimum Gasteiger partial charge on any atom is -0.508 e. The summed E-state index contributed by atoms with van der Waals surface area (Å²) in [5.41, 5.74) is 0.574. The van der Waals surface area contributed by atoms with Crippen LogP contribution in [0.4, 0.5) is 0 Å². The van der Waals surface area contributed by atoms with Gasteiger partial charge in [-0.2, -0.15) is 0 Å². The fourth-order valence-electron chi connectivity index (χ4n) is 0.802. The van der Waals surface area contributed by atoms with Gasteiger partial charge in [0.25, 0.3) is 0 Å². The van der Waals surface area contributed by atoms with Crippen LogP contribution in [0.3, 0.4) is 0 Å². The molecule has 0 aliphatic carbocycles. The normalized spacial score (nSPS) is 9.83. The molecular weight excluding hydrogens is 288 g/mol. The summed E-state index contributed by atoms with van der Waals surface area (Å²) < 4.78 is 0.618. The third-order valence-corrected chi connectivity index (χ3v) is 2.54. The van der Waals surface area contributed by atoms with Crippen molar-refractivity contribution in [3.05, 3.63) is 28.2 Å². The molecule has 0 spiro atoms. The number of halogens is 2. The van der Waals surface area contributed by atoms with Gasteiger partial charge in [0.15, 0.2) is 5.78 Å². The van der Waals surface area contributed by atoms with Crippen molar-refractivity contribution in [3.63, 3.8) is 0 Å². The lowest BCUT2D eigenvalue weighted by Crippen LogP contribution is -2.00. The van der Waals surface area contributed by atoms with Crippen LogP contribution in [0.1, 0.15) is 10.4 Å². The Balaban J connectivity index is 3.09. The van der Waals surface area contributed by atoms with Gasteiger partial charge in [0.2, 0.25) is 0 Å². The molecule has 1 N–H and O–H groups in total. The number of benzene rings is 1. The van der Waals surface area contributed by atoms with E-state index >= 15 is 0 Å². The number of hydrogen-bond acceptors (Lipinski definition) is 2. The van der Waals surface area contributed by atoms with E-state index in [0.717, 1.165) is 0 Å². The molecule has 0 bridgehead atoms. The number of Topliss-reactive ketones (excluding diaryl/α,β-unsaturated/α-hetero) is 1. The summed E-state index contributed by atoms with van der Waals surface area (Å²) in [5, 5.41) is 9.33. The Morgan fingerprint density at radius 1 is 1.50 bits per heavy atom. The minimum atomic E-state index is -0.0122. The molecule has 0 radical (unpaired) electrons. The second kappa shape index (κ2) is 4.05. The van der Waals surface area contributed by atoms with Crippen molar-refractivity contribution < 1.29 is 9.90 Å². The molecule has 2 nitrogen and oxygen atoms in total. The van der Waals surface area contributed by atoms with Gasteiger partial charge < -0.3 is 5.11 Å². The monoisotopic (exact) mass is 292 g/mol. The van der Waals surface area contributed by atoms with Crippen LogP contribution in [0.25, 0.3) is 0 Å². The molecule has 0 aromatic heterocycles. The molecule has 0 aliphatic heterocycles. The summed E-state index contributed by atoms with van der Waals surface area (Å²) in [6, 6.07) is 4.57. The highest BCUT2D eigenvalue weighted by molar-refractivity contribution is 9.10. The van der Waals surface area contributed by atoms with Gasteiger partial charge >= 0.3 is 0 Å².